The molecule has 1 fully saturated rings. The highest BCUT2D eigenvalue weighted by atomic mass is 32.2. The number of hydrogen-bond donors (Lipinski definition) is 0. The normalized spacial score (nSPS) is 28.3. The van der Waals surface area contributed by atoms with Gasteiger partial charge in [-0.2, -0.15) is 17.6 Å². The molecule has 222 valence electrons. The van der Waals surface area contributed by atoms with E-state index in [9.17, 15) is 0 Å². The van der Waals surface area contributed by atoms with Crippen molar-refractivity contribution in [2.24, 2.45) is 0 Å². The molecule has 0 saturated heterocycles. The van der Waals surface area contributed by atoms with E-state index in [2.05, 4.69) is 18.7 Å². The molecule has 2 aliphatic heterocycles. The number of ether oxygens (including phenoxy) is 2. The number of alkyl halides is 4. The van der Waals surface area contributed by atoms with Crippen LogP contribution in [0.3, 0.4) is 0 Å². The van der Waals surface area contributed by atoms with Gasteiger partial charge >= 0.3 is 11.8 Å². The van der Waals surface area contributed by atoms with Crippen LogP contribution in [0.4, 0.5) is 23.2 Å². The van der Waals surface area contributed by atoms with E-state index in [-0.39, 0.29) is 11.1 Å². The van der Waals surface area contributed by atoms with Crippen molar-refractivity contribution in [2.75, 3.05) is 32.2 Å². The maximum Gasteiger partial charge on any atom is 0.371 e. The first-order chi connectivity index (χ1) is 19.9. The average molecular weight is 616 g/mol. The number of anilines is 1. The molecular weight excluding hydrogens is 582 g/mol. The van der Waals surface area contributed by atoms with Gasteiger partial charge in [0.2, 0.25) is 0 Å². The highest BCUT2D eigenvalue weighted by Crippen LogP contribution is 2.75. The zero-order valence-electron chi connectivity index (χ0n) is 24.4. The highest BCUT2D eigenvalue weighted by Gasteiger charge is 2.83. The fourth-order valence-electron chi connectivity index (χ4n) is 6.79. The van der Waals surface area contributed by atoms with Gasteiger partial charge in [0.1, 0.15) is 0 Å². The molecule has 9 heteroatoms. The first-order valence-electron chi connectivity index (χ1n) is 14.0. The van der Waals surface area contributed by atoms with Crippen molar-refractivity contribution in [3.8, 4) is 0 Å². The third kappa shape index (κ3) is 3.57. The minimum absolute atomic E-state index is 0.187. The van der Waals surface area contributed by atoms with Gasteiger partial charge < -0.3 is 14.4 Å². The van der Waals surface area contributed by atoms with Gasteiger partial charge in [0.25, 0.3) is 5.79 Å². The van der Waals surface area contributed by atoms with Crippen LogP contribution >= 0.6 is 23.5 Å². The molecule has 0 bridgehead atoms. The lowest BCUT2D eigenvalue weighted by molar-refractivity contribution is -0.331. The first-order valence-corrected chi connectivity index (χ1v) is 15.6. The standard InChI is InChI=1S/C33H33F4NO2S2/c1-7-38(8-2)22-16-14-21(15-17-22)26-19-24-28-27(31(34,35)33(36,37)32(28,39-5)40-6)23-18-25(20-12-10-9-11-13-20)41-29(23,3)30(24,4)42-26/h9-19H,7-8H2,1-6H3. The number of hydrogen-bond acceptors (Lipinski definition) is 5. The van der Waals surface area contributed by atoms with Crippen molar-refractivity contribution < 1.29 is 27.0 Å². The Hall–Kier alpha value is -2.46. The van der Waals surface area contributed by atoms with Crippen LogP contribution in [0.5, 0.6) is 0 Å². The Bertz CT molecular complexity index is 1560. The quantitative estimate of drug-likeness (QED) is 0.229. The lowest BCUT2D eigenvalue weighted by atomic mass is 9.71. The predicted molar refractivity (Wildman–Crippen MR) is 165 cm³/mol. The Balaban J connectivity index is 1.61. The maximum absolute atomic E-state index is 16.2. The highest BCUT2D eigenvalue weighted by molar-refractivity contribution is 8.14. The number of benzene rings is 2. The summed E-state index contributed by atoms with van der Waals surface area (Å²) in [5.74, 6) is -12.1. The van der Waals surface area contributed by atoms with Crippen LogP contribution in [0.15, 0.2) is 89.0 Å². The Morgan fingerprint density at radius 1 is 0.690 bits per heavy atom. The van der Waals surface area contributed by atoms with Gasteiger partial charge in [-0.1, -0.05) is 42.5 Å². The Morgan fingerprint density at radius 2 is 1.17 bits per heavy atom. The van der Waals surface area contributed by atoms with E-state index in [0.717, 1.165) is 53.9 Å². The number of nitrogens with zero attached hydrogens (tertiary/aromatic N) is 1. The largest absolute Gasteiger partial charge is 0.372 e. The molecule has 0 radical (unpaired) electrons. The van der Waals surface area contributed by atoms with Gasteiger partial charge in [-0.05, 0) is 74.3 Å². The van der Waals surface area contributed by atoms with Crippen LogP contribution in [0, 0.1) is 0 Å². The van der Waals surface area contributed by atoms with Crippen molar-refractivity contribution in [3.63, 3.8) is 0 Å². The first kappa shape index (κ1) is 29.6. The van der Waals surface area contributed by atoms with E-state index in [1.54, 1.807) is 12.2 Å². The molecule has 4 aliphatic rings. The topological polar surface area (TPSA) is 21.7 Å². The van der Waals surface area contributed by atoms with Gasteiger partial charge in [0.15, 0.2) is 0 Å². The molecule has 2 unspecified atom stereocenters. The van der Waals surface area contributed by atoms with E-state index < -0.39 is 32.7 Å². The summed E-state index contributed by atoms with van der Waals surface area (Å²) in [4.78, 5) is 3.81. The van der Waals surface area contributed by atoms with Crippen LogP contribution in [0.1, 0.15) is 38.8 Å². The Kier molecular flexibility index (Phi) is 6.89. The summed E-state index contributed by atoms with van der Waals surface area (Å²) in [6.07, 6.45) is 3.46. The van der Waals surface area contributed by atoms with Crippen molar-refractivity contribution in [2.45, 2.75) is 54.8 Å². The second kappa shape index (κ2) is 9.78. The monoisotopic (exact) mass is 615 g/mol. The van der Waals surface area contributed by atoms with Gasteiger partial charge in [-0.25, -0.2) is 0 Å². The van der Waals surface area contributed by atoms with Gasteiger partial charge in [0.05, 0.1) is 9.49 Å². The molecule has 2 heterocycles. The number of fused-ring (bicyclic) bond motifs is 4. The summed E-state index contributed by atoms with van der Waals surface area (Å²) in [5.41, 5.74) is 2.42. The van der Waals surface area contributed by atoms with Crippen LogP contribution in [-0.4, -0.2) is 54.4 Å². The minimum atomic E-state index is -4.65. The molecule has 0 aromatic heterocycles. The number of allylic oxidation sites excluding steroid dienone is 2. The zero-order chi connectivity index (χ0) is 30.3. The second-order valence-corrected chi connectivity index (χ2v) is 14.0. The lowest BCUT2D eigenvalue weighted by Crippen LogP contribution is -2.55. The van der Waals surface area contributed by atoms with E-state index in [1.165, 1.54) is 23.5 Å². The summed E-state index contributed by atoms with van der Waals surface area (Å²) >= 11 is 2.97. The number of halogens is 4. The molecular formula is C33H33F4NO2S2. The van der Waals surface area contributed by atoms with Crippen molar-refractivity contribution in [1.29, 1.82) is 0 Å². The van der Waals surface area contributed by atoms with Crippen LogP contribution in [-0.2, 0) is 9.47 Å². The number of methoxy groups -OCH3 is 2. The summed E-state index contributed by atoms with van der Waals surface area (Å²) < 4.78 is 73.1. The summed E-state index contributed by atoms with van der Waals surface area (Å²) in [5, 5.41) is 0. The molecule has 1 saturated carbocycles. The number of rotatable bonds is 7. The SMILES string of the molecule is CCN(CC)c1ccc(C2=CC3=C4C(=C5C=C(c6ccccc6)SC5(C)C3(C)S2)C(F)(F)C(F)(F)C4(OC)OC)cc1. The van der Waals surface area contributed by atoms with E-state index in [1.807, 2.05) is 68.4 Å². The Morgan fingerprint density at radius 3 is 1.64 bits per heavy atom. The van der Waals surface area contributed by atoms with Crippen LogP contribution in [0.25, 0.3) is 9.81 Å². The molecule has 42 heavy (non-hydrogen) atoms. The molecule has 2 aliphatic carbocycles. The molecule has 2 aromatic carbocycles. The van der Waals surface area contributed by atoms with Gasteiger partial charge in [-0.15, -0.1) is 23.5 Å². The molecule has 3 nitrogen and oxygen atoms in total. The van der Waals surface area contributed by atoms with E-state index >= 15 is 17.6 Å². The molecule has 6 rings (SSSR count). The molecule has 0 spiro atoms. The predicted octanol–water partition coefficient (Wildman–Crippen LogP) is 8.81. The molecule has 0 amide bonds. The zero-order valence-corrected chi connectivity index (χ0v) is 26.0. The van der Waals surface area contributed by atoms with Gasteiger partial charge in [0, 0.05) is 54.0 Å². The van der Waals surface area contributed by atoms with Gasteiger partial charge in [-0.3, -0.25) is 0 Å². The second-order valence-electron chi connectivity index (χ2n) is 11.1. The lowest BCUT2D eigenvalue weighted by Gasteiger charge is -2.48. The summed E-state index contributed by atoms with van der Waals surface area (Å²) in [6.45, 7) is 9.77. The van der Waals surface area contributed by atoms with Crippen molar-refractivity contribution in [1.82, 2.24) is 0 Å². The van der Waals surface area contributed by atoms with E-state index in [0.29, 0.717) is 5.57 Å². The van der Waals surface area contributed by atoms with Crippen molar-refractivity contribution in [3.05, 3.63) is 100 Å². The average Bonchev–Trinajstić information content (AvgIpc) is 3.57. The third-order valence-electron chi connectivity index (χ3n) is 9.27. The van der Waals surface area contributed by atoms with E-state index in [4.69, 9.17) is 9.47 Å². The summed E-state index contributed by atoms with van der Waals surface area (Å²) in [7, 11) is 2.01. The third-order valence-corrected chi connectivity index (χ3v) is 12.6. The fraction of sp³-hybridized carbons (Fsp3) is 0.394. The fourth-order valence-corrected chi connectivity index (χ4v) is 9.93. The molecule has 0 N–H and O–H groups in total. The van der Waals surface area contributed by atoms with Crippen LogP contribution < -0.4 is 4.90 Å². The maximum atomic E-state index is 16.2. The van der Waals surface area contributed by atoms with Crippen LogP contribution in [0.2, 0.25) is 0 Å². The smallest absolute Gasteiger partial charge is 0.371 e. The number of thioether (sulfide) groups is 2. The molecule has 2 aromatic rings. The van der Waals surface area contributed by atoms with Crippen molar-refractivity contribution >= 4 is 39.0 Å². The summed E-state index contributed by atoms with van der Waals surface area (Å²) in [6, 6.07) is 17.5. The minimum Gasteiger partial charge on any atom is -0.372 e. The Labute approximate surface area is 252 Å². The molecule has 2 atom stereocenters.